The molecular formula is C22H17NO4. The van der Waals surface area contributed by atoms with Crippen LogP contribution in [0.1, 0.15) is 27.6 Å². The molecule has 0 fully saturated rings. The van der Waals surface area contributed by atoms with Crippen molar-refractivity contribution in [1.82, 2.24) is 0 Å². The summed E-state index contributed by atoms with van der Waals surface area (Å²) in [4.78, 5) is 23.3. The molecule has 1 unspecified atom stereocenters. The van der Waals surface area contributed by atoms with E-state index in [1.54, 1.807) is 30.3 Å². The quantitative estimate of drug-likeness (QED) is 0.302. The summed E-state index contributed by atoms with van der Waals surface area (Å²) >= 11 is 0. The van der Waals surface area contributed by atoms with Crippen LogP contribution in [0.25, 0.3) is 6.08 Å². The number of hydrogen-bond donors (Lipinski definition) is 1. The van der Waals surface area contributed by atoms with Gasteiger partial charge in [-0.05, 0) is 29.3 Å². The van der Waals surface area contributed by atoms with E-state index in [9.17, 15) is 20.0 Å². The highest BCUT2D eigenvalue weighted by Crippen LogP contribution is 2.28. The van der Waals surface area contributed by atoms with Gasteiger partial charge in [0.15, 0.2) is 5.78 Å². The van der Waals surface area contributed by atoms with Crippen LogP contribution in [0.4, 0.5) is 5.69 Å². The lowest BCUT2D eigenvalue weighted by Gasteiger charge is -2.15. The number of ketones is 1. The highest BCUT2D eigenvalue weighted by Gasteiger charge is 2.22. The molecule has 0 aliphatic carbocycles. The van der Waals surface area contributed by atoms with Gasteiger partial charge in [0.05, 0.1) is 4.92 Å². The van der Waals surface area contributed by atoms with E-state index in [0.29, 0.717) is 11.1 Å². The van der Waals surface area contributed by atoms with Gasteiger partial charge >= 0.3 is 0 Å². The molecule has 0 aliphatic rings. The molecule has 0 aromatic heterocycles. The monoisotopic (exact) mass is 359 g/mol. The van der Waals surface area contributed by atoms with Crippen molar-refractivity contribution < 1.29 is 14.8 Å². The standard InChI is InChI=1S/C22H17NO4/c24-21(17-9-5-2-6-10-17)20(15-16-7-3-1-4-8-16)22(25)18-11-13-19(14-12-18)23(26)27/h1-15,22,25H/b20-15+. The molecule has 0 spiro atoms. The first-order valence-electron chi connectivity index (χ1n) is 8.35. The lowest BCUT2D eigenvalue weighted by Crippen LogP contribution is -2.12. The summed E-state index contributed by atoms with van der Waals surface area (Å²) in [6.45, 7) is 0. The number of rotatable bonds is 6. The molecule has 1 N–H and O–H groups in total. The topological polar surface area (TPSA) is 80.4 Å². The van der Waals surface area contributed by atoms with Crippen LogP contribution >= 0.6 is 0 Å². The summed E-state index contributed by atoms with van der Waals surface area (Å²) in [5.41, 5.74) is 1.76. The molecule has 27 heavy (non-hydrogen) atoms. The number of carbonyl (C=O) groups excluding carboxylic acids is 1. The lowest BCUT2D eigenvalue weighted by molar-refractivity contribution is -0.384. The Balaban J connectivity index is 2.02. The van der Waals surface area contributed by atoms with Crippen LogP contribution in [-0.4, -0.2) is 15.8 Å². The molecule has 0 heterocycles. The third kappa shape index (κ3) is 4.34. The Morgan fingerprint density at radius 2 is 1.44 bits per heavy atom. The van der Waals surface area contributed by atoms with Gasteiger partial charge in [0.1, 0.15) is 6.10 Å². The van der Waals surface area contributed by atoms with Crippen molar-refractivity contribution in [3.05, 3.63) is 117 Å². The average molecular weight is 359 g/mol. The van der Waals surface area contributed by atoms with Gasteiger partial charge in [-0.2, -0.15) is 0 Å². The maximum Gasteiger partial charge on any atom is 0.269 e. The van der Waals surface area contributed by atoms with E-state index in [1.807, 2.05) is 36.4 Å². The van der Waals surface area contributed by atoms with Gasteiger partial charge < -0.3 is 5.11 Å². The first kappa shape index (κ1) is 18.2. The summed E-state index contributed by atoms with van der Waals surface area (Å²) in [6.07, 6.45) is 0.431. The predicted octanol–water partition coefficient (Wildman–Crippen LogP) is 4.59. The Kier molecular flexibility index (Phi) is 5.54. The normalized spacial score (nSPS) is 12.4. The molecule has 0 amide bonds. The number of aliphatic hydroxyl groups is 1. The van der Waals surface area contributed by atoms with Crippen LogP contribution in [0.2, 0.25) is 0 Å². The number of carbonyl (C=O) groups is 1. The molecule has 0 saturated heterocycles. The number of hydrogen-bond acceptors (Lipinski definition) is 4. The van der Waals surface area contributed by atoms with E-state index < -0.39 is 11.0 Å². The summed E-state index contributed by atoms with van der Waals surface area (Å²) in [5.74, 6) is -0.301. The SMILES string of the molecule is O=C(/C(=C\c1ccccc1)C(O)c1ccc([N+](=O)[O-])cc1)c1ccccc1. The second kappa shape index (κ2) is 8.21. The largest absolute Gasteiger partial charge is 0.384 e. The Hall–Kier alpha value is -3.57. The zero-order valence-electron chi connectivity index (χ0n) is 14.4. The van der Waals surface area contributed by atoms with Crippen molar-refractivity contribution in [1.29, 1.82) is 0 Å². The maximum absolute atomic E-state index is 13.0. The number of non-ortho nitro benzene ring substituents is 1. The fourth-order valence-corrected chi connectivity index (χ4v) is 2.71. The second-order valence-corrected chi connectivity index (χ2v) is 5.96. The average Bonchev–Trinajstić information content (AvgIpc) is 2.72. The van der Waals surface area contributed by atoms with E-state index in [-0.39, 0.29) is 17.0 Å². The minimum atomic E-state index is -1.21. The van der Waals surface area contributed by atoms with Crippen LogP contribution < -0.4 is 0 Å². The van der Waals surface area contributed by atoms with E-state index in [4.69, 9.17) is 0 Å². The lowest BCUT2D eigenvalue weighted by atomic mass is 9.92. The molecule has 3 aromatic carbocycles. The fraction of sp³-hybridized carbons (Fsp3) is 0.0455. The first-order valence-corrected chi connectivity index (χ1v) is 8.35. The van der Waals surface area contributed by atoms with Crippen molar-refractivity contribution in [3.63, 3.8) is 0 Å². The van der Waals surface area contributed by atoms with Crippen LogP contribution in [0.5, 0.6) is 0 Å². The zero-order chi connectivity index (χ0) is 19.2. The van der Waals surface area contributed by atoms with Crippen LogP contribution in [-0.2, 0) is 0 Å². The highest BCUT2D eigenvalue weighted by molar-refractivity contribution is 6.12. The van der Waals surface area contributed by atoms with E-state index >= 15 is 0 Å². The smallest absolute Gasteiger partial charge is 0.269 e. The van der Waals surface area contributed by atoms with Crippen molar-refractivity contribution >= 4 is 17.5 Å². The Labute approximate surface area is 156 Å². The number of nitrogens with zero attached hydrogens (tertiary/aromatic N) is 1. The van der Waals surface area contributed by atoms with Crippen molar-refractivity contribution in [3.8, 4) is 0 Å². The summed E-state index contributed by atoms with van der Waals surface area (Å²) in [6, 6.07) is 23.4. The molecule has 1 atom stereocenters. The highest BCUT2D eigenvalue weighted by atomic mass is 16.6. The Morgan fingerprint density at radius 3 is 2.00 bits per heavy atom. The molecule has 3 rings (SSSR count). The summed E-state index contributed by atoms with van der Waals surface area (Å²) in [7, 11) is 0. The van der Waals surface area contributed by atoms with Crippen LogP contribution in [0.3, 0.4) is 0 Å². The third-order valence-corrected chi connectivity index (χ3v) is 4.13. The van der Waals surface area contributed by atoms with Gasteiger partial charge in [0.2, 0.25) is 0 Å². The molecule has 0 radical (unpaired) electrons. The zero-order valence-corrected chi connectivity index (χ0v) is 14.4. The number of nitro groups is 1. The van der Waals surface area contributed by atoms with Gasteiger partial charge in [-0.15, -0.1) is 0 Å². The van der Waals surface area contributed by atoms with Crippen LogP contribution in [0.15, 0.2) is 90.5 Å². The Morgan fingerprint density at radius 1 is 0.889 bits per heavy atom. The van der Waals surface area contributed by atoms with Gasteiger partial charge in [-0.3, -0.25) is 14.9 Å². The molecule has 134 valence electrons. The fourth-order valence-electron chi connectivity index (χ4n) is 2.71. The van der Waals surface area contributed by atoms with Gasteiger partial charge in [0, 0.05) is 23.3 Å². The molecule has 5 nitrogen and oxygen atoms in total. The summed E-state index contributed by atoms with van der Waals surface area (Å²) in [5, 5.41) is 21.7. The number of Topliss-reactive ketones (excluding diaryl/α,β-unsaturated/α-hetero) is 1. The minimum Gasteiger partial charge on any atom is -0.384 e. The van der Waals surface area contributed by atoms with E-state index in [0.717, 1.165) is 5.56 Å². The molecule has 0 saturated carbocycles. The van der Waals surface area contributed by atoms with Crippen molar-refractivity contribution in [2.45, 2.75) is 6.10 Å². The van der Waals surface area contributed by atoms with Gasteiger partial charge in [-0.25, -0.2) is 0 Å². The second-order valence-electron chi connectivity index (χ2n) is 5.96. The van der Waals surface area contributed by atoms with Crippen molar-refractivity contribution in [2.75, 3.05) is 0 Å². The summed E-state index contributed by atoms with van der Waals surface area (Å²) < 4.78 is 0. The van der Waals surface area contributed by atoms with Gasteiger partial charge in [-0.1, -0.05) is 60.7 Å². The molecule has 0 aliphatic heterocycles. The minimum absolute atomic E-state index is 0.0751. The molecular weight excluding hydrogens is 342 g/mol. The molecule has 5 heteroatoms. The number of aliphatic hydroxyl groups excluding tert-OH is 1. The molecule has 3 aromatic rings. The predicted molar refractivity (Wildman–Crippen MR) is 103 cm³/mol. The Bertz CT molecular complexity index is 964. The molecule has 0 bridgehead atoms. The van der Waals surface area contributed by atoms with Crippen molar-refractivity contribution in [2.24, 2.45) is 0 Å². The van der Waals surface area contributed by atoms with Crippen LogP contribution in [0, 0.1) is 10.1 Å². The van der Waals surface area contributed by atoms with E-state index in [1.165, 1.54) is 24.3 Å². The first-order chi connectivity index (χ1) is 13.1. The number of benzene rings is 3. The third-order valence-electron chi connectivity index (χ3n) is 4.13. The maximum atomic E-state index is 13.0. The number of nitro benzene ring substituents is 1. The van der Waals surface area contributed by atoms with E-state index in [2.05, 4.69) is 0 Å². The van der Waals surface area contributed by atoms with Gasteiger partial charge in [0.25, 0.3) is 5.69 Å².